The monoisotopic (exact) mass is 288 g/mol. The van der Waals surface area contributed by atoms with Gasteiger partial charge in [-0.25, -0.2) is 4.39 Å². The van der Waals surface area contributed by atoms with Gasteiger partial charge in [-0.15, -0.1) is 0 Å². The Morgan fingerprint density at radius 1 is 1.42 bits per heavy atom. The van der Waals surface area contributed by atoms with E-state index in [0.29, 0.717) is 0 Å². The van der Waals surface area contributed by atoms with Gasteiger partial charge in [0.15, 0.2) is 6.61 Å². The summed E-state index contributed by atoms with van der Waals surface area (Å²) in [6.07, 6.45) is 0. The number of amides is 2. The van der Waals surface area contributed by atoms with Gasteiger partial charge in [0.05, 0.1) is 11.6 Å². The highest BCUT2D eigenvalue weighted by atomic mass is 35.5. The van der Waals surface area contributed by atoms with E-state index in [4.69, 9.17) is 16.3 Å². The summed E-state index contributed by atoms with van der Waals surface area (Å²) < 4.78 is 17.9. The van der Waals surface area contributed by atoms with E-state index in [1.807, 2.05) is 0 Å². The minimum absolute atomic E-state index is 0.0807. The molecule has 0 radical (unpaired) electrons. The highest BCUT2D eigenvalue weighted by molar-refractivity contribution is 6.32. The van der Waals surface area contributed by atoms with Crippen LogP contribution in [0.5, 0.6) is 5.75 Å². The van der Waals surface area contributed by atoms with Gasteiger partial charge in [0, 0.05) is 14.1 Å². The molecule has 0 unspecified atom stereocenters. The lowest BCUT2D eigenvalue weighted by Crippen LogP contribution is -2.38. The second kappa shape index (κ2) is 6.94. The van der Waals surface area contributed by atoms with Crippen molar-refractivity contribution in [2.45, 2.75) is 0 Å². The SMILES string of the molecule is CN(C)C(=O)CNC(=O)COc1ccc(F)cc1Cl. The van der Waals surface area contributed by atoms with Gasteiger partial charge in [-0.1, -0.05) is 11.6 Å². The van der Waals surface area contributed by atoms with E-state index < -0.39 is 11.7 Å². The summed E-state index contributed by atoms with van der Waals surface area (Å²) in [5.41, 5.74) is 0. The molecule has 1 aromatic carbocycles. The third kappa shape index (κ3) is 5.13. The average molecular weight is 289 g/mol. The quantitative estimate of drug-likeness (QED) is 0.881. The van der Waals surface area contributed by atoms with Crippen LogP contribution in [0.2, 0.25) is 5.02 Å². The molecule has 5 nitrogen and oxygen atoms in total. The normalized spacial score (nSPS) is 9.89. The number of carbonyl (C=O) groups excluding carboxylic acids is 2. The maximum Gasteiger partial charge on any atom is 0.258 e. The zero-order valence-corrected chi connectivity index (χ0v) is 11.3. The molecular weight excluding hydrogens is 275 g/mol. The standard InChI is InChI=1S/C12H14ClFN2O3/c1-16(2)12(18)6-15-11(17)7-19-10-4-3-8(14)5-9(10)13/h3-5H,6-7H2,1-2H3,(H,15,17). The molecule has 0 saturated carbocycles. The molecule has 104 valence electrons. The van der Waals surface area contributed by atoms with Crippen molar-refractivity contribution in [2.75, 3.05) is 27.2 Å². The fourth-order valence-electron chi connectivity index (χ4n) is 1.12. The molecular formula is C12H14ClFN2O3. The third-order valence-corrected chi connectivity index (χ3v) is 2.48. The maximum atomic E-state index is 12.8. The van der Waals surface area contributed by atoms with Crippen molar-refractivity contribution in [3.8, 4) is 5.75 Å². The Hall–Kier alpha value is -1.82. The first-order valence-corrected chi connectivity index (χ1v) is 5.82. The zero-order chi connectivity index (χ0) is 14.4. The predicted octanol–water partition coefficient (Wildman–Crippen LogP) is 1.06. The van der Waals surface area contributed by atoms with Crippen LogP contribution in [0.15, 0.2) is 18.2 Å². The van der Waals surface area contributed by atoms with Crippen molar-refractivity contribution >= 4 is 23.4 Å². The van der Waals surface area contributed by atoms with Crippen LogP contribution < -0.4 is 10.1 Å². The Morgan fingerprint density at radius 2 is 2.11 bits per heavy atom. The molecule has 0 atom stereocenters. The average Bonchev–Trinajstić information content (AvgIpc) is 2.34. The maximum absolute atomic E-state index is 12.8. The number of hydrogen-bond acceptors (Lipinski definition) is 3. The van der Waals surface area contributed by atoms with Gasteiger partial charge in [-0.05, 0) is 18.2 Å². The second-order valence-corrected chi connectivity index (χ2v) is 4.34. The van der Waals surface area contributed by atoms with E-state index >= 15 is 0 Å². The van der Waals surface area contributed by atoms with Crippen molar-refractivity contribution in [1.82, 2.24) is 10.2 Å². The second-order valence-electron chi connectivity index (χ2n) is 3.93. The topological polar surface area (TPSA) is 58.6 Å². The van der Waals surface area contributed by atoms with Gasteiger partial charge in [0.2, 0.25) is 5.91 Å². The molecule has 0 aliphatic rings. The van der Waals surface area contributed by atoms with Gasteiger partial charge in [0.1, 0.15) is 11.6 Å². The molecule has 0 aliphatic heterocycles. The van der Waals surface area contributed by atoms with Gasteiger partial charge in [0.25, 0.3) is 5.91 Å². The number of halogens is 2. The smallest absolute Gasteiger partial charge is 0.258 e. The molecule has 1 aromatic rings. The minimum Gasteiger partial charge on any atom is -0.482 e. The molecule has 2 amide bonds. The van der Waals surface area contributed by atoms with Gasteiger partial charge < -0.3 is 15.0 Å². The van der Waals surface area contributed by atoms with E-state index in [1.54, 1.807) is 14.1 Å². The molecule has 0 saturated heterocycles. The Balaban J connectivity index is 2.40. The molecule has 0 bridgehead atoms. The highest BCUT2D eigenvalue weighted by Crippen LogP contribution is 2.24. The van der Waals surface area contributed by atoms with Crippen LogP contribution in [-0.4, -0.2) is 44.0 Å². The van der Waals surface area contributed by atoms with Crippen molar-refractivity contribution in [1.29, 1.82) is 0 Å². The number of likely N-dealkylation sites (N-methyl/N-ethyl adjacent to an activating group) is 1. The van der Waals surface area contributed by atoms with Crippen molar-refractivity contribution in [2.24, 2.45) is 0 Å². The largest absolute Gasteiger partial charge is 0.482 e. The van der Waals surface area contributed by atoms with E-state index in [0.717, 1.165) is 6.07 Å². The molecule has 0 heterocycles. The first kappa shape index (κ1) is 15.2. The van der Waals surface area contributed by atoms with Crippen molar-refractivity contribution < 1.29 is 18.7 Å². The Kier molecular flexibility index (Phi) is 5.57. The van der Waals surface area contributed by atoms with E-state index in [-0.39, 0.29) is 29.8 Å². The number of nitrogens with zero attached hydrogens (tertiary/aromatic N) is 1. The van der Waals surface area contributed by atoms with Crippen LogP contribution in [0, 0.1) is 5.82 Å². The fourth-order valence-corrected chi connectivity index (χ4v) is 1.34. The molecule has 0 spiro atoms. The summed E-state index contributed by atoms with van der Waals surface area (Å²) in [5.74, 6) is -0.973. The van der Waals surface area contributed by atoms with Gasteiger partial charge >= 0.3 is 0 Å². The first-order valence-electron chi connectivity index (χ1n) is 5.45. The van der Waals surface area contributed by atoms with E-state index in [9.17, 15) is 14.0 Å². The molecule has 1 N–H and O–H groups in total. The van der Waals surface area contributed by atoms with Crippen LogP contribution in [0.4, 0.5) is 4.39 Å². The van der Waals surface area contributed by atoms with Crippen LogP contribution in [0.1, 0.15) is 0 Å². The van der Waals surface area contributed by atoms with E-state index in [1.165, 1.54) is 17.0 Å². The number of carbonyl (C=O) groups is 2. The molecule has 0 fully saturated rings. The third-order valence-electron chi connectivity index (χ3n) is 2.19. The molecule has 0 aliphatic carbocycles. The number of hydrogen-bond donors (Lipinski definition) is 1. The number of ether oxygens (including phenoxy) is 1. The minimum atomic E-state index is -0.488. The van der Waals surface area contributed by atoms with Gasteiger partial charge in [-0.2, -0.15) is 0 Å². The fraction of sp³-hybridized carbons (Fsp3) is 0.333. The van der Waals surface area contributed by atoms with Gasteiger partial charge in [-0.3, -0.25) is 9.59 Å². The summed E-state index contributed by atoms with van der Waals surface area (Å²) in [4.78, 5) is 24.0. The molecule has 7 heteroatoms. The lowest BCUT2D eigenvalue weighted by molar-refractivity contribution is -0.131. The molecule has 1 rings (SSSR count). The van der Waals surface area contributed by atoms with Crippen molar-refractivity contribution in [3.05, 3.63) is 29.0 Å². The predicted molar refractivity (Wildman–Crippen MR) is 68.6 cm³/mol. The summed E-state index contributed by atoms with van der Waals surface area (Å²) in [6.45, 7) is -0.404. The Morgan fingerprint density at radius 3 is 2.68 bits per heavy atom. The van der Waals surface area contributed by atoms with Crippen LogP contribution in [0.3, 0.4) is 0 Å². The highest BCUT2D eigenvalue weighted by Gasteiger charge is 2.09. The summed E-state index contributed by atoms with van der Waals surface area (Å²) in [6, 6.07) is 3.59. The number of nitrogens with one attached hydrogen (secondary N) is 1. The zero-order valence-electron chi connectivity index (χ0n) is 10.6. The van der Waals surface area contributed by atoms with E-state index in [2.05, 4.69) is 5.32 Å². The van der Waals surface area contributed by atoms with Crippen LogP contribution in [0.25, 0.3) is 0 Å². The lowest BCUT2D eigenvalue weighted by atomic mass is 10.3. The summed E-state index contributed by atoms with van der Waals surface area (Å²) in [7, 11) is 3.17. The Bertz CT molecular complexity index is 480. The number of benzene rings is 1. The Labute approximate surface area is 115 Å². The summed E-state index contributed by atoms with van der Waals surface area (Å²) >= 11 is 5.72. The first-order chi connectivity index (χ1) is 8.90. The summed E-state index contributed by atoms with van der Waals surface area (Å²) in [5, 5.41) is 2.47. The van der Waals surface area contributed by atoms with Crippen LogP contribution >= 0.6 is 11.6 Å². The molecule has 19 heavy (non-hydrogen) atoms. The van der Waals surface area contributed by atoms with Crippen LogP contribution in [-0.2, 0) is 9.59 Å². The number of rotatable bonds is 5. The molecule has 0 aromatic heterocycles. The lowest BCUT2D eigenvalue weighted by Gasteiger charge is -2.11. The van der Waals surface area contributed by atoms with Crippen molar-refractivity contribution in [3.63, 3.8) is 0 Å².